The van der Waals surface area contributed by atoms with E-state index in [-0.39, 0.29) is 4.90 Å². The number of alkyl carbamates (subject to hydrolysis) is 1. The highest BCUT2D eigenvalue weighted by Crippen LogP contribution is 2.33. The fourth-order valence-electron chi connectivity index (χ4n) is 2.41. The predicted octanol–water partition coefficient (Wildman–Crippen LogP) is 2.49. The van der Waals surface area contributed by atoms with Gasteiger partial charge in [0.15, 0.2) is 0 Å². The van der Waals surface area contributed by atoms with E-state index in [2.05, 4.69) is 10.0 Å². The van der Waals surface area contributed by atoms with Crippen LogP contribution in [-0.4, -0.2) is 32.1 Å². The van der Waals surface area contributed by atoms with Crippen LogP contribution < -0.4 is 10.0 Å². The van der Waals surface area contributed by atoms with Gasteiger partial charge in [0, 0.05) is 0 Å². The summed E-state index contributed by atoms with van der Waals surface area (Å²) in [4.78, 5) is 24.5. The van der Waals surface area contributed by atoms with Crippen LogP contribution in [0.5, 0.6) is 0 Å². The van der Waals surface area contributed by atoms with Crippen molar-refractivity contribution in [3.63, 3.8) is 0 Å². The van der Waals surface area contributed by atoms with Crippen LogP contribution in [0.2, 0.25) is 0 Å². The second kappa shape index (κ2) is 7.65. The number of amides is 2. The fourth-order valence-corrected chi connectivity index (χ4v) is 3.54. The van der Waals surface area contributed by atoms with Crippen LogP contribution in [0.4, 0.5) is 4.79 Å². The zero-order valence-electron chi connectivity index (χ0n) is 15.5. The first-order valence-electron chi connectivity index (χ1n) is 8.59. The van der Waals surface area contributed by atoms with Gasteiger partial charge >= 0.3 is 6.09 Å². The molecule has 0 radical (unpaired) electrons. The summed E-state index contributed by atoms with van der Waals surface area (Å²) < 4.78 is 32.1. The summed E-state index contributed by atoms with van der Waals surface area (Å²) in [6.45, 7) is 6.90. The highest BCUT2D eigenvalue weighted by atomic mass is 32.2. The van der Waals surface area contributed by atoms with Crippen LogP contribution in [-0.2, 0) is 19.6 Å². The van der Waals surface area contributed by atoms with E-state index in [0.717, 1.165) is 18.4 Å². The average molecular weight is 382 g/mol. The molecule has 144 valence electrons. The van der Waals surface area contributed by atoms with Gasteiger partial charge in [-0.3, -0.25) is 4.79 Å². The summed E-state index contributed by atoms with van der Waals surface area (Å²) in [7, 11) is -4.00. The van der Waals surface area contributed by atoms with Crippen molar-refractivity contribution in [1.29, 1.82) is 0 Å². The normalized spacial score (nSPS) is 15.8. The number of carbonyl (C=O) groups excluding carboxylic acids is 2. The van der Waals surface area contributed by atoms with Gasteiger partial charge in [-0.2, -0.15) is 0 Å². The average Bonchev–Trinajstić information content (AvgIpc) is 3.28. The number of hydrogen-bond acceptors (Lipinski definition) is 5. The quantitative estimate of drug-likeness (QED) is 0.787. The van der Waals surface area contributed by atoms with Gasteiger partial charge in [-0.25, -0.2) is 17.9 Å². The van der Waals surface area contributed by atoms with E-state index in [1.165, 1.54) is 12.1 Å². The van der Waals surface area contributed by atoms with Gasteiger partial charge < -0.3 is 10.1 Å². The van der Waals surface area contributed by atoms with Gasteiger partial charge in [0.1, 0.15) is 11.6 Å². The van der Waals surface area contributed by atoms with Crippen molar-refractivity contribution in [2.75, 3.05) is 0 Å². The van der Waals surface area contributed by atoms with Crippen LogP contribution in [0, 0.1) is 12.8 Å². The predicted molar refractivity (Wildman–Crippen MR) is 97.0 cm³/mol. The number of aryl methyl sites for hydroxylation is 1. The van der Waals surface area contributed by atoms with E-state index in [1.54, 1.807) is 39.8 Å². The molecule has 0 saturated heterocycles. The van der Waals surface area contributed by atoms with Crippen molar-refractivity contribution < 1.29 is 22.7 Å². The maximum Gasteiger partial charge on any atom is 0.408 e. The summed E-state index contributed by atoms with van der Waals surface area (Å²) in [5.41, 5.74) is 0.0555. The van der Waals surface area contributed by atoms with Crippen molar-refractivity contribution in [2.24, 2.45) is 5.92 Å². The number of benzene rings is 1. The van der Waals surface area contributed by atoms with Gasteiger partial charge in [-0.15, -0.1) is 0 Å². The minimum atomic E-state index is -4.00. The molecule has 1 atom stereocenters. The van der Waals surface area contributed by atoms with Gasteiger partial charge in [-0.1, -0.05) is 25.0 Å². The van der Waals surface area contributed by atoms with Crippen LogP contribution in [0.15, 0.2) is 29.2 Å². The molecule has 1 aliphatic rings. The Balaban J connectivity index is 2.09. The minimum Gasteiger partial charge on any atom is -0.444 e. The van der Waals surface area contributed by atoms with Gasteiger partial charge in [0.25, 0.3) is 15.9 Å². The van der Waals surface area contributed by atoms with Crippen molar-refractivity contribution in [3.8, 4) is 0 Å². The second-order valence-corrected chi connectivity index (χ2v) is 9.35. The molecule has 0 bridgehead atoms. The Morgan fingerprint density at radius 3 is 2.46 bits per heavy atom. The first-order valence-corrected chi connectivity index (χ1v) is 10.1. The first-order chi connectivity index (χ1) is 12.0. The molecule has 0 aromatic heterocycles. The number of rotatable bonds is 6. The molecular formula is C18H26N2O5S. The number of ether oxygens (including phenoxy) is 1. The molecule has 26 heavy (non-hydrogen) atoms. The maximum atomic E-state index is 12.5. The third-order valence-electron chi connectivity index (χ3n) is 3.81. The Hall–Kier alpha value is -2.09. The van der Waals surface area contributed by atoms with Crippen LogP contribution in [0.25, 0.3) is 0 Å². The summed E-state index contributed by atoms with van der Waals surface area (Å²) in [6.07, 6.45) is 1.56. The van der Waals surface area contributed by atoms with Gasteiger partial charge in [-0.05, 0) is 57.7 Å². The summed E-state index contributed by atoms with van der Waals surface area (Å²) in [6, 6.07) is 5.31. The highest BCUT2D eigenvalue weighted by Gasteiger charge is 2.33. The molecule has 0 unspecified atom stereocenters. The van der Waals surface area contributed by atoms with Crippen molar-refractivity contribution in [2.45, 2.75) is 63.5 Å². The van der Waals surface area contributed by atoms with Crippen molar-refractivity contribution >= 4 is 22.0 Å². The second-order valence-electron chi connectivity index (χ2n) is 7.66. The van der Waals surface area contributed by atoms with E-state index in [1.807, 2.05) is 0 Å². The van der Waals surface area contributed by atoms with Crippen LogP contribution in [0.1, 0.15) is 45.6 Å². The van der Waals surface area contributed by atoms with Crippen LogP contribution >= 0.6 is 0 Å². The van der Waals surface area contributed by atoms with Crippen molar-refractivity contribution in [1.82, 2.24) is 10.0 Å². The van der Waals surface area contributed by atoms with E-state index < -0.39 is 33.7 Å². The molecule has 1 saturated carbocycles. The lowest BCUT2D eigenvalue weighted by atomic mass is 10.1. The third-order valence-corrected chi connectivity index (χ3v) is 5.15. The molecule has 1 aromatic rings. The van der Waals surface area contributed by atoms with E-state index in [4.69, 9.17) is 4.74 Å². The Kier molecular flexibility index (Phi) is 5.95. The molecule has 7 nitrogen and oxygen atoms in total. The largest absolute Gasteiger partial charge is 0.444 e. The van der Waals surface area contributed by atoms with E-state index >= 15 is 0 Å². The third kappa shape index (κ3) is 6.33. The molecule has 0 heterocycles. The van der Waals surface area contributed by atoms with E-state index in [0.29, 0.717) is 12.3 Å². The number of sulfonamides is 1. The van der Waals surface area contributed by atoms with Gasteiger partial charge in [0.05, 0.1) is 4.90 Å². The number of nitrogens with one attached hydrogen (secondary N) is 2. The molecular weight excluding hydrogens is 356 g/mol. The summed E-state index contributed by atoms with van der Waals surface area (Å²) in [5.74, 6) is -0.452. The minimum absolute atomic E-state index is 0.00768. The Labute approximate surface area is 154 Å². The first kappa shape index (κ1) is 20.2. The smallest absolute Gasteiger partial charge is 0.408 e. The molecule has 1 fully saturated rings. The monoisotopic (exact) mass is 382 g/mol. The van der Waals surface area contributed by atoms with Crippen molar-refractivity contribution in [3.05, 3.63) is 29.8 Å². The lowest BCUT2D eigenvalue weighted by Gasteiger charge is -2.23. The zero-order valence-corrected chi connectivity index (χ0v) is 16.4. The molecule has 2 N–H and O–H groups in total. The molecule has 0 aliphatic heterocycles. The number of hydrogen-bond donors (Lipinski definition) is 2. The van der Waals surface area contributed by atoms with Crippen LogP contribution in [0.3, 0.4) is 0 Å². The number of carbonyl (C=O) groups is 2. The maximum absolute atomic E-state index is 12.5. The molecule has 2 amide bonds. The summed E-state index contributed by atoms with van der Waals surface area (Å²) >= 11 is 0. The zero-order chi connectivity index (χ0) is 19.5. The SMILES string of the molecule is Cc1cccc(S(=O)(=O)NC(=O)[C@H](CC2CC2)NC(=O)OC(C)(C)C)c1. The fraction of sp³-hybridized carbons (Fsp3) is 0.556. The summed E-state index contributed by atoms with van der Waals surface area (Å²) in [5, 5.41) is 2.49. The van der Waals surface area contributed by atoms with E-state index in [9.17, 15) is 18.0 Å². The topological polar surface area (TPSA) is 102 Å². The molecule has 8 heteroatoms. The molecule has 2 rings (SSSR count). The Morgan fingerprint density at radius 1 is 1.27 bits per heavy atom. The Bertz CT molecular complexity index is 779. The Morgan fingerprint density at radius 2 is 1.92 bits per heavy atom. The molecule has 0 spiro atoms. The molecule has 1 aliphatic carbocycles. The standard InChI is InChI=1S/C18H26N2O5S/c1-12-6-5-7-14(10-12)26(23,24)20-16(21)15(11-13-8-9-13)19-17(22)25-18(2,3)4/h5-7,10,13,15H,8-9,11H2,1-4H3,(H,19,22)(H,20,21)/t15-/m0/s1. The highest BCUT2D eigenvalue weighted by molar-refractivity contribution is 7.90. The van der Waals surface area contributed by atoms with Gasteiger partial charge in [0.2, 0.25) is 0 Å². The lowest BCUT2D eigenvalue weighted by molar-refractivity contribution is -0.121. The molecule has 1 aromatic carbocycles. The lowest BCUT2D eigenvalue weighted by Crippen LogP contribution is -2.49.